The van der Waals surface area contributed by atoms with Crippen LogP contribution in [-0.2, 0) is 6.54 Å². The van der Waals surface area contributed by atoms with Gasteiger partial charge in [0, 0.05) is 30.2 Å². The summed E-state index contributed by atoms with van der Waals surface area (Å²) in [5.74, 6) is 0.843. The van der Waals surface area contributed by atoms with E-state index in [1.165, 1.54) is 0 Å². The summed E-state index contributed by atoms with van der Waals surface area (Å²) in [6.07, 6.45) is 7.03. The zero-order valence-electron chi connectivity index (χ0n) is 11.7. The molecule has 5 nitrogen and oxygen atoms in total. The summed E-state index contributed by atoms with van der Waals surface area (Å²) in [5.41, 5.74) is 9.68. The number of nitrogens with zero attached hydrogens (tertiary/aromatic N) is 3. The number of nitrogens with two attached hydrogens (primary N) is 1. The van der Waals surface area contributed by atoms with E-state index in [1.54, 1.807) is 38.1 Å². The van der Waals surface area contributed by atoms with E-state index in [9.17, 15) is 0 Å². The second-order valence-corrected chi connectivity index (χ2v) is 4.72. The van der Waals surface area contributed by atoms with Crippen molar-refractivity contribution in [3.8, 4) is 17.0 Å². The smallest absolute Gasteiger partial charge is 0.119 e. The average molecular weight is 280 g/mol. The Morgan fingerprint density at radius 1 is 1.19 bits per heavy atom. The van der Waals surface area contributed by atoms with E-state index in [1.807, 2.05) is 22.8 Å². The third-order valence-electron chi connectivity index (χ3n) is 3.33. The second-order valence-electron chi connectivity index (χ2n) is 4.72. The SMILES string of the molecule is COc1cccc(Cn2cncc2-c2cnccc2N)c1. The first-order chi connectivity index (χ1) is 10.3. The zero-order chi connectivity index (χ0) is 14.7. The first-order valence-electron chi connectivity index (χ1n) is 6.61. The van der Waals surface area contributed by atoms with Crippen molar-refractivity contribution in [2.45, 2.75) is 6.54 Å². The van der Waals surface area contributed by atoms with Crippen molar-refractivity contribution in [3.63, 3.8) is 0 Å². The molecule has 2 N–H and O–H groups in total. The second kappa shape index (κ2) is 5.66. The van der Waals surface area contributed by atoms with Gasteiger partial charge in [0.2, 0.25) is 0 Å². The third kappa shape index (κ3) is 2.72. The van der Waals surface area contributed by atoms with Gasteiger partial charge in [0.05, 0.1) is 25.3 Å². The van der Waals surface area contributed by atoms with Crippen LogP contribution in [0.4, 0.5) is 5.69 Å². The van der Waals surface area contributed by atoms with Crippen molar-refractivity contribution in [2.24, 2.45) is 0 Å². The molecule has 0 unspecified atom stereocenters. The fraction of sp³-hybridized carbons (Fsp3) is 0.125. The molecule has 0 saturated heterocycles. The van der Waals surface area contributed by atoms with Crippen LogP contribution in [0.3, 0.4) is 0 Å². The lowest BCUT2D eigenvalue weighted by Crippen LogP contribution is -2.02. The van der Waals surface area contributed by atoms with Crippen molar-refractivity contribution < 1.29 is 4.74 Å². The van der Waals surface area contributed by atoms with Gasteiger partial charge in [0.15, 0.2) is 0 Å². The van der Waals surface area contributed by atoms with Crippen molar-refractivity contribution in [1.29, 1.82) is 0 Å². The van der Waals surface area contributed by atoms with Crippen LogP contribution in [0.25, 0.3) is 11.3 Å². The minimum atomic E-state index is 0.692. The van der Waals surface area contributed by atoms with Crippen molar-refractivity contribution in [3.05, 3.63) is 60.8 Å². The van der Waals surface area contributed by atoms with Crippen molar-refractivity contribution >= 4 is 5.69 Å². The third-order valence-corrected chi connectivity index (χ3v) is 3.33. The van der Waals surface area contributed by atoms with E-state index in [0.29, 0.717) is 12.2 Å². The average Bonchev–Trinajstić information content (AvgIpc) is 2.96. The molecule has 0 saturated carbocycles. The van der Waals surface area contributed by atoms with Crippen LogP contribution in [0.2, 0.25) is 0 Å². The number of methoxy groups -OCH3 is 1. The van der Waals surface area contributed by atoms with Crippen LogP contribution >= 0.6 is 0 Å². The summed E-state index contributed by atoms with van der Waals surface area (Å²) >= 11 is 0. The molecular formula is C16H16N4O. The van der Waals surface area contributed by atoms with Crippen LogP contribution in [0, 0.1) is 0 Å². The molecule has 0 radical (unpaired) electrons. The van der Waals surface area contributed by atoms with Gasteiger partial charge in [0.1, 0.15) is 5.75 Å². The Hall–Kier alpha value is -2.82. The van der Waals surface area contributed by atoms with Gasteiger partial charge >= 0.3 is 0 Å². The molecule has 2 aromatic heterocycles. The maximum Gasteiger partial charge on any atom is 0.119 e. The standard InChI is InChI=1S/C16H16N4O/c1-21-13-4-2-3-12(7-13)10-20-11-19-9-16(20)14-8-18-6-5-15(14)17/h2-9,11H,10H2,1H3,(H2,17,18). The monoisotopic (exact) mass is 280 g/mol. The van der Waals surface area contributed by atoms with Gasteiger partial charge in [-0.05, 0) is 23.8 Å². The predicted molar refractivity (Wildman–Crippen MR) is 82.0 cm³/mol. The van der Waals surface area contributed by atoms with Gasteiger partial charge in [-0.15, -0.1) is 0 Å². The number of imidazole rings is 1. The van der Waals surface area contributed by atoms with E-state index < -0.39 is 0 Å². The zero-order valence-corrected chi connectivity index (χ0v) is 11.7. The molecule has 0 amide bonds. The van der Waals surface area contributed by atoms with Gasteiger partial charge < -0.3 is 15.0 Å². The Morgan fingerprint density at radius 3 is 2.90 bits per heavy atom. The summed E-state index contributed by atoms with van der Waals surface area (Å²) in [4.78, 5) is 8.36. The lowest BCUT2D eigenvalue weighted by Gasteiger charge is -2.10. The minimum absolute atomic E-state index is 0.692. The lowest BCUT2D eigenvalue weighted by atomic mass is 10.1. The van der Waals surface area contributed by atoms with Gasteiger partial charge in [-0.1, -0.05) is 12.1 Å². The highest BCUT2D eigenvalue weighted by molar-refractivity contribution is 5.72. The molecule has 106 valence electrons. The summed E-state index contributed by atoms with van der Waals surface area (Å²) in [7, 11) is 1.66. The predicted octanol–water partition coefficient (Wildman–Crippen LogP) is 2.58. The van der Waals surface area contributed by atoms with Crippen LogP contribution in [-0.4, -0.2) is 21.6 Å². The van der Waals surface area contributed by atoms with Crippen molar-refractivity contribution in [1.82, 2.24) is 14.5 Å². The number of nitrogen functional groups attached to an aromatic ring is 1. The molecule has 0 spiro atoms. The van der Waals surface area contributed by atoms with Crippen LogP contribution in [0.15, 0.2) is 55.2 Å². The number of rotatable bonds is 4. The highest BCUT2D eigenvalue weighted by Gasteiger charge is 2.09. The largest absolute Gasteiger partial charge is 0.497 e. The molecule has 21 heavy (non-hydrogen) atoms. The Bertz CT molecular complexity index is 751. The molecule has 2 heterocycles. The molecule has 0 aliphatic rings. The van der Waals surface area contributed by atoms with Gasteiger partial charge in [-0.25, -0.2) is 4.98 Å². The fourth-order valence-electron chi connectivity index (χ4n) is 2.26. The first kappa shape index (κ1) is 13.2. The highest BCUT2D eigenvalue weighted by Crippen LogP contribution is 2.25. The number of ether oxygens (including phenoxy) is 1. The summed E-state index contributed by atoms with van der Waals surface area (Å²) < 4.78 is 7.30. The summed E-state index contributed by atoms with van der Waals surface area (Å²) in [6, 6.07) is 9.76. The number of pyridine rings is 1. The number of benzene rings is 1. The molecule has 0 atom stereocenters. The van der Waals surface area contributed by atoms with E-state index >= 15 is 0 Å². The Labute approximate surface area is 123 Å². The Balaban J connectivity index is 1.94. The van der Waals surface area contributed by atoms with E-state index in [4.69, 9.17) is 10.5 Å². The molecule has 0 bridgehead atoms. The van der Waals surface area contributed by atoms with Crippen molar-refractivity contribution in [2.75, 3.05) is 12.8 Å². The number of anilines is 1. The lowest BCUT2D eigenvalue weighted by molar-refractivity contribution is 0.414. The number of aromatic nitrogens is 3. The number of hydrogen-bond donors (Lipinski definition) is 1. The molecule has 1 aromatic carbocycles. The molecule has 0 aliphatic heterocycles. The minimum Gasteiger partial charge on any atom is -0.497 e. The maximum absolute atomic E-state index is 6.02. The molecule has 3 rings (SSSR count). The quantitative estimate of drug-likeness (QED) is 0.797. The number of hydrogen-bond acceptors (Lipinski definition) is 4. The highest BCUT2D eigenvalue weighted by atomic mass is 16.5. The van der Waals surface area contributed by atoms with Gasteiger partial charge in [0.25, 0.3) is 0 Å². The van der Waals surface area contributed by atoms with E-state index in [-0.39, 0.29) is 0 Å². The normalized spacial score (nSPS) is 10.5. The fourth-order valence-corrected chi connectivity index (χ4v) is 2.26. The Kier molecular flexibility index (Phi) is 3.55. The molecule has 0 fully saturated rings. The summed E-state index contributed by atoms with van der Waals surface area (Å²) in [5, 5.41) is 0. The Morgan fingerprint density at radius 2 is 2.10 bits per heavy atom. The summed E-state index contributed by atoms with van der Waals surface area (Å²) in [6.45, 7) is 0.695. The van der Waals surface area contributed by atoms with Crippen LogP contribution < -0.4 is 10.5 Å². The molecular weight excluding hydrogens is 264 g/mol. The van der Waals surface area contributed by atoms with Gasteiger partial charge in [-0.2, -0.15) is 0 Å². The molecule has 5 heteroatoms. The topological polar surface area (TPSA) is 66.0 Å². The first-order valence-corrected chi connectivity index (χ1v) is 6.61. The van der Waals surface area contributed by atoms with Crippen LogP contribution in [0.1, 0.15) is 5.56 Å². The molecule has 0 aliphatic carbocycles. The van der Waals surface area contributed by atoms with E-state index in [0.717, 1.165) is 22.6 Å². The van der Waals surface area contributed by atoms with Crippen LogP contribution in [0.5, 0.6) is 5.75 Å². The molecule has 3 aromatic rings. The maximum atomic E-state index is 6.02. The van der Waals surface area contributed by atoms with Gasteiger partial charge in [-0.3, -0.25) is 4.98 Å². The van der Waals surface area contributed by atoms with E-state index in [2.05, 4.69) is 16.0 Å².